The van der Waals surface area contributed by atoms with Crippen molar-refractivity contribution in [2.24, 2.45) is 0 Å². The van der Waals surface area contributed by atoms with Crippen molar-refractivity contribution in [1.82, 2.24) is 4.31 Å². The molecule has 2 heterocycles. The van der Waals surface area contributed by atoms with Gasteiger partial charge in [0.25, 0.3) is 0 Å². The summed E-state index contributed by atoms with van der Waals surface area (Å²) >= 11 is 7.75. The number of hydrogen-bond donors (Lipinski definition) is 0. The van der Waals surface area contributed by atoms with Crippen LogP contribution in [0.2, 0.25) is 5.02 Å². The lowest BCUT2D eigenvalue weighted by molar-refractivity contribution is 0.0161. The average Bonchev–Trinajstić information content (AvgIpc) is 2.96. The maximum absolute atomic E-state index is 12.9. The third kappa shape index (κ3) is 2.97. The van der Waals surface area contributed by atoms with E-state index in [1.807, 2.05) is 0 Å². The van der Waals surface area contributed by atoms with Crippen molar-refractivity contribution in [1.29, 1.82) is 0 Å². The van der Waals surface area contributed by atoms with Gasteiger partial charge < -0.3 is 9.47 Å². The highest BCUT2D eigenvalue weighted by molar-refractivity contribution is 8.00. The molecule has 1 aromatic rings. The predicted octanol–water partition coefficient (Wildman–Crippen LogP) is 2.59. The van der Waals surface area contributed by atoms with Gasteiger partial charge in [0, 0.05) is 23.9 Å². The molecule has 0 saturated carbocycles. The molecule has 0 unspecified atom stereocenters. The largest absolute Gasteiger partial charge is 0.495 e. The molecule has 0 bridgehead atoms. The SMILES string of the molecule is COc1ccc(Cl)cc1S(=O)(=O)N1CCC2(CC1)OCCS2. The maximum Gasteiger partial charge on any atom is 0.246 e. The summed E-state index contributed by atoms with van der Waals surface area (Å²) in [6.07, 6.45) is 1.42. The molecule has 1 spiro atoms. The molecule has 2 aliphatic rings. The van der Waals surface area contributed by atoms with Gasteiger partial charge in [0.15, 0.2) is 0 Å². The Morgan fingerprint density at radius 2 is 2.09 bits per heavy atom. The van der Waals surface area contributed by atoms with Gasteiger partial charge in [-0.05, 0) is 31.0 Å². The van der Waals surface area contributed by atoms with E-state index < -0.39 is 10.0 Å². The van der Waals surface area contributed by atoms with Gasteiger partial charge in [-0.15, -0.1) is 11.8 Å². The number of nitrogens with zero attached hydrogens (tertiary/aromatic N) is 1. The zero-order valence-corrected chi connectivity index (χ0v) is 14.6. The summed E-state index contributed by atoms with van der Waals surface area (Å²) in [7, 11) is -2.16. The van der Waals surface area contributed by atoms with E-state index >= 15 is 0 Å². The quantitative estimate of drug-likeness (QED) is 0.826. The van der Waals surface area contributed by atoms with E-state index in [1.54, 1.807) is 23.9 Å². The van der Waals surface area contributed by atoms with Gasteiger partial charge in [0.05, 0.1) is 13.7 Å². The van der Waals surface area contributed by atoms with Crippen LogP contribution in [-0.4, -0.2) is 50.2 Å². The predicted molar refractivity (Wildman–Crippen MR) is 87.1 cm³/mol. The molecule has 5 nitrogen and oxygen atoms in total. The lowest BCUT2D eigenvalue weighted by atomic mass is 10.1. The second-order valence-corrected chi connectivity index (χ2v) is 9.09. The Morgan fingerprint density at radius 1 is 1.36 bits per heavy atom. The number of hydrogen-bond acceptors (Lipinski definition) is 5. The first-order valence-corrected chi connectivity index (χ1v) is 9.89. The Hall–Kier alpha value is -0.470. The lowest BCUT2D eigenvalue weighted by Crippen LogP contribution is -2.45. The first kappa shape index (κ1) is 16.4. The number of piperidine rings is 1. The number of ether oxygens (including phenoxy) is 2. The Bertz CT molecular complexity index is 649. The monoisotopic (exact) mass is 363 g/mol. The van der Waals surface area contributed by atoms with Crippen molar-refractivity contribution in [3.8, 4) is 5.75 Å². The summed E-state index contributed by atoms with van der Waals surface area (Å²) < 4.78 is 38.2. The fraction of sp³-hybridized carbons (Fsp3) is 0.571. The number of benzene rings is 1. The second-order valence-electron chi connectivity index (χ2n) is 5.31. The van der Waals surface area contributed by atoms with Crippen LogP contribution >= 0.6 is 23.4 Å². The van der Waals surface area contributed by atoms with Crippen LogP contribution in [0.4, 0.5) is 0 Å². The van der Waals surface area contributed by atoms with Crippen LogP contribution in [0.1, 0.15) is 12.8 Å². The van der Waals surface area contributed by atoms with Crippen molar-refractivity contribution in [3.63, 3.8) is 0 Å². The van der Waals surface area contributed by atoms with E-state index in [9.17, 15) is 8.42 Å². The molecule has 0 aromatic heterocycles. The molecule has 2 fully saturated rings. The van der Waals surface area contributed by atoms with Crippen LogP contribution in [0.5, 0.6) is 5.75 Å². The van der Waals surface area contributed by atoms with Gasteiger partial charge in [-0.3, -0.25) is 0 Å². The minimum atomic E-state index is -3.61. The number of halogens is 1. The highest BCUT2D eigenvalue weighted by Gasteiger charge is 2.42. The Kier molecular flexibility index (Phi) is 4.62. The van der Waals surface area contributed by atoms with E-state index in [0.717, 1.165) is 12.4 Å². The molecule has 2 saturated heterocycles. The Labute approximate surface area is 140 Å². The van der Waals surface area contributed by atoms with E-state index in [-0.39, 0.29) is 9.83 Å². The normalized spacial score (nSPS) is 22.1. The smallest absolute Gasteiger partial charge is 0.246 e. The van der Waals surface area contributed by atoms with E-state index in [0.29, 0.717) is 36.7 Å². The van der Waals surface area contributed by atoms with Crippen LogP contribution < -0.4 is 4.74 Å². The molecule has 8 heteroatoms. The third-order valence-electron chi connectivity index (χ3n) is 4.04. The van der Waals surface area contributed by atoms with Gasteiger partial charge in [-0.25, -0.2) is 8.42 Å². The minimum Gasteiger partial charge on any atom is -0.495 e. The van der Waals surface area contributed by atoms with Gasteiger partial charge in [-0.1, -0.05) is 11.6 Å². The highest BCUT2D eigenvalue weighted by atomic mass is 35.5. The van der Waals surface area contributed by atoms with Crippen LogP contribution in [0, 0.1) is 0 Å². The van der Waals surface area contributed by atoms with Gasteiger partial charge in [0.1, 0.15) is 15.6 Å². The molecule has 0 N–H and O–H groups in total. The molecule has 22 heavy (non-hydrogen) atoms. The van der Waals surface area contributed by atoms with Gasteiger partial charge in [0.2, 0.25) is 10.0 Å². The molecule has 0 atom stereocenters. The highest BCUT2D eigenvalue weighted by Crippen LogP contribution is 2.42. The van der Waals surface area contributed by atoms with Gasteiger partial charge >= 0.3 is 0 Å². The van der Waals surface area contributed by atoms with E-state index in [4.69, 9.17) is 21.1 Å². The van der Waals surface area contributed by atoms with Crippen molar-refractivity contribution in [2.45, 2.75) is 22.7 Å². The summed E-state index contributed by atoms with van der Waals surface area (Å²) in [5.41, 5.74) is 0. The van der Waals surface area contributed by atoms with Crippen LogP contribution in [0.3, 0.4) is 0 Å². The van der Waals surface area contributed by atoms with Crippen LogP contribution in [0.15, 0.2) is 23.1 Å². The summed E-state index contributed by atoms with van der Waals surface area (Å²) in [5.74, 6) is 1.30. The summed E-state index contributed by atoms with van der Waals surface area (Å²) in [6.45, 7) is 1.65. The summed E-state index contributed by atoms with van der Waals surface area (Å²) in [5, 5.41) is 0.377. The summed E-state index contributed by atoms with van der Waals surface area (Å²) in [4.78, 5) is -0.0665. The number of rotatable bonds is 3. The zero-order valence-electron chi connectivity index (χ0n) is 12.2. The Balaban J connectivity index is 1.84. The molecule has 0 radical (unpaired) electrons. The second kappa shape index (κ2) is 6.20. The lowest BCUT2D eigenvalue weighted by Gasteiger charge is -2.37. The number of thioether (sulfide) groups is 1. The fourth-order valence-electron chi connectivity index (χ4n) is 2.84. The molecular formula is C14H18ClNO4S2. The zero-order chi connectivity index (χ0) is 15.8. The molecule has 0 aliphatic carbocycles. The minimum absolute atomic E-state index is 0.124. The fourth-order valence-corrected chi connectivity index (χ4v) is 5.88. The first-order valence-electron chi connectivity index (χ1n) is 7.08. The van der Waals surface area contributed by atoms with Crippen LogP contribution in [0.25, 0.3) is 0 Å². The number of methoxy groups -OCH3 is 1. The molecule has 3 rings (SSSR count). The van der Waals surface area contributed by atoms with Crippen molar-refractivity contribution in [2.75, 3.05) is 32.6 Å². The molecular weight excluding hydrogens is 346 g/mol. The Morgan fingerprint density at radius 3 is 2.68 bits per heavy atom. The number of sulfonamides is 1. The van der Waals surface area contributed by atoms with E-state index in [2.05, 4.69) is 0 Å². The maximum atomic E-state index is 12.9. The standard InChI is InChI=1S/C14H18ClNO4S2/c1-19-12-3-2-11(15)10-13(12)22(17,18)16-6-4-14(5-7-16)20-8-9-21-14/h2-3,10H,4-9H2,1H3. The summed E-state index contributed by atoms with van der Waals surface area (Å²) in [6, 6.07) is 4.64. The van der Waals surface area contributed by atoms with Crippen molar-refractivity contribution < 1.29 is 17.9 Å². The topological polar surface area (TPSA) is 55.8 Å². The average molecular weight is 364 g/mol. The van der Waals surface area contributed by atoms with Crippen LogP contribution in [-0.2, 0) is 14.8 Å². The molecule has 2 aliphatic heterocycles. The van der Waals surface area contributed by atoms with E-state index in [1.165, 1.54) is 17.5 Å². The van der Waals surface area contributed by atoms with Crippen molar-refractivity contribution in [3.05, 3.63) is 23.2 Å². The first-order chi connectivity index (χ1) is 10.5. The molecule has 0 amide bonds. The molecule has 122 valence electrons. The molecule has 1 aromatic carbocycles. The van der Waals surface area contributed by atoms with Gasteiger partial charge in [-0.2, -0.15) is 4.31 Å². The van der Waals surface area contributed by atoms with Crippen molar-refractivity contribution >= 4 is 33.4 Å². The third-order valence-corrected chi connectivity index (χ3v) is 7.62.